The third kappa shape index (κ3) is 2.78. The Kier molecular flexibility index (Phi) is 3.79. The second-order valence-electron chi connectivity index (χ2n) is 4.11. The summed E-state index contributed by atoms with van der Waals surface area (Å²) in [4.78, 5) is 21.0. The Hall–Kier alpha value is -3.03. The number of aromatic carboxylic acids is 1. The number of carboxylic acid groups (broad SMARTS) is 1. The molecule has 0 amide bonds. The summed E-state index contributed by atoms with van der Waals surface area (Å²) in [6, 6.07) is 4.53. The van der Waals surface area contributed by atoms with Gasteiger partial charge >= 0.3 is 11.7 Å². The lowest BCUT2D eigenvalue weighted by molar-refractivity contribution is -0.387. The van der Waals surface area contributed by atoms with E-state index in [0.717, 1.165) is 12.1 Å². The number of hydrogen-bond donors (Lipinski definition) is 1. The van der Waals surface area contributed by atoms with Crippen LogP contribution in [-0.4, -0.2) is 25.8 Å². The molecule has 1 aromatic heterocycles. The van der Waals surface area contributed by atoms with E-state index in [4.69, 9.17) is 5.11 Å². The highest BCUT2D eigenvalue weighted by atomic mass is 19.1. The zero-order chi connectivity index (χ0) is 15.6. The maximum absolute atomic E-state index is 13.3. The summed E-state index contributed by atoms with van der Waals surface area (Å²) in [5.74, 6) is -2.15. The van der Waals surface area contributed by atoms with Gasteiger partial charge < -0.3 is 5.11 Å². The van der Waals surface area contributed by atoms with Crippen LogP contribution in [0.3, 0.4) is 0 Å². The number of benzene rings is 1. The van der Waals surface area contributed by atoms with Crippen LogP contribution in [0.15, 0.2) is 36.9 Å². The van der Waals surface area contributed by atoms with Crippen molar-refractivity contribution in [3.8, 4) is 11.3 Å². The van der Waals surface area contributed by atoms with Crippen molar-refractivity contribution in [2.45, 2.75) is 6.54 Å². The molecule has 0 atom stereocenters. The minimum absolute atomic E-state index is 0.0862. The summed E-state index contributed by atoms with van der Waals surface area (Å²) in [5.41, 5.74) is -0.315. The van der Waals surface area contributed by atoms with E-state index in [1.54, 1.807) is 0 Å². The van der Waals surface area contributed by atoms with Crippen molar-refractivity contribution in [2.24, 2.45) is 0 Å². The third-order valence-electron chi connectivity index (χ3n) is 2.74. The number of carbonyl (C=O) groups is 1. The van der Waals surface area contributed by atoms with Gasteiger partial charge in [0, 0.05) is 11.6 Å². The Morgan fingerprint density at radius 1 is 1.52 bits per heavy atom. The van der Waals surface area contributed by atoms with Crippen LogP contribution in [-0.2, 0) is 6.54 Å². The second kappa shape index (κ2) is 5.53. The van der Waals surface area contributed by atoms with Gasteiger partial charge in [0.05, 0.1) is 17.2 Å². The van der Waals surface area contributed by atoms with Gasteiger partial charge in [0.1, 0.15) is 5.69 Å². The molecule has 2 rings (SSSR count). The number of halogens is 1. The molecular formula is C13H10FN3O4. The van der Waals surface area contributed by atoms with Gasteiger partial charge in [0.15, 0.2) is 0 Å². The number of rotatable bonds is 5. The van der Waals surface area contributed by atoms with E-state index < -0.39 is 22.4 Å². The van der Waals surface area contributed by atoms with Crippen LogP contribution < -0.4 is 0 Å². The zero-order valence-corrected chi connectivity index (χ0v) is 10.7. The van der Waals surface area contributed by atoms with Gasteiger partial charge in [-0.05, 0) is 18.2 Å². The molecule has 1 aromatic carbocycles. The number of hydrogen-bond acceptors (Lipinski definition) is 4. The van der Waals surface area contributed by atoms with Crippen molar-refractivity contribution >= 4 is 11.7 Å². The lowest BCUT2D eigenvalue weighted by Crippen LogP contribution is -2.08. The molecule has 0 saturated heterocycles. The second-order valence-corrected chi connectivity index (χ2v) is 4.11. The molecule has 0 spiro atoms. The number of nitro benzene ring substituents is 1. The minimum atomic E-state index is -1.19. The smallest absolute Gasteiger partial charge is 0.354 e. The molecular weight excluding hydrogens is 281 g/mol. The summed E-state index contributed by atoms with van der Waals surface area (Å²) in [6.45, 7) is 3.67. The van der Waals surface area contributed by atoms with Crippen molar-refractivity contribution in [1.82, 2.24) is 9.78 Å². The fourth-order valence-electron chi connectivity index (χ4n) is 1.80. The molecule has 0 radical (unpaired) electrons. The summed E-state index contributed by atoms with van der Waals surface area (Å²) < 4.78 is 14.5. The van der Waals surface area contributed by atoms with Crippen LogP contribution >= 0.6 is 0 Å². The van der Waals surface area contributed by atoms with Gasteiger partial charge in [0.2, 0.25) is 5.82 Å². The number of carboxylic acids is 1. The van der Waals surface area contributed by atoms with Gasteiger partial charge in [-0.1, -0.05) is 6.08 Å². The van der Waals surface area contributed by atoms with Gasteiger partial charge in [-0.2, -0.15) is 9.49 Å². The Bertz CT molecular complexity index is 739. The minimum Gasteiger partial charge on any atom is -0.477 e. The monoisotopic (exact) mass is 291 g/mol. The molecule has 0 aliphatic heterocycles. The fraction of sp³-hybridized carbons (Fsp3) is 0.0769. The fourth-order valence-corrected chi connectivity index (χ4v) is 1.80. The van der Waals surface area contributed by atoms with E-state index in [9.17, 15) is 19.3 Å². The van der Waals surface area contributed by atoms with Crippen molar-refractivity contribution in [1.29, 1.82) is 0 Å². The van der Waals surface area contributed by atoms with E-state index in [1.807, 2.05) is 0 Å². The summed E-state index contributed by atoms with van der Waals surface area (Å²) in [7, 11) is 0. The first kappa shape index (κ1) is 14.4. The van der Waals surface area contributed by atoms with Crippen molar-refractivity contribution in [3.05, 3.63) is 58.5 Å². The molecule has 21 heavy (non-hydrogen) atoms. The first-order chi connectivity index (χ1) is 9.93. The van der Waals surface area contributed by atoms with E-state index in [1.165, 1.54) is 22.9 Å². The van der Waals surface area contributed by atoms with E-state index in [0.29, 0.717) is 0 Å². The lowest BCUT2D eigenvalue weighted by atomic mass is 10.1. The normalized spacial score (nSPS) is 10.3. The SMILES string of the molecule is C=CCn1nc(-c2ccc(F)c([N+](=O)[O-])c2)cc1C(=O)O. The van der Waals surface area contributed by atoms with Crippen LogP contribution in [0, 0.1) is 15.9 Å². The standard InChI is InChI=1S/C13H10FN3O4/c1-2-5-16-12(13(18)19)7-10(15-16)8-3-4-9(14)11(6-8)17(20)21/h2-4,6-7H,1,5H2,(H,18,19). The van der Waals surface area contributed by atoms with Crippen LogP contribution in [0.1, 0.15) is 10.5 Å². The number of aromatic nitrogens is 2. The molecule has 1 N–H and O–H groups in total. The lowest BCUT2D eigenvalue weighted by Gasteiger charge is -1.99. The highest BCUT2D eigenvalue weighted by molar-refractivity contribution is 5.87. The van der Waals surface area contributed by atoms with Gasteiger partial charge in [-0.15, -0.1) is 6.58 Å². The Morgan fingerprint density at radius 3 is 2.81 bits per heavy atom. The average Bonchev–Trinajstić information content (AvgIpc) is 2.83. The number of allylic oxidation sites excluding steroid dienone is 1. The molecule has 1 heterocycles. The third-order valence-corrected chi connectivity index (χ3v) is 2.74. The van der Waals surface area contributed by atoms with Crippen LogP contribution in [0.4, 0.5) is 10.1 Å². The Morgan fingerprint density at radius 2 is 2.24 bits per heavy atom. The van der Waals surface area contributed by atoms with Gasteiger partial charge in [-0.3, -0.25) is 14.8 Å². The molecule has 0 bridgehead atoms. The van der Waals surface area contributed by atoms with E-state index in [-0.39, 0.29) is 23.5 Å². The predicted octanol–water partition coefficient (Wildman–Crippen LogP) is 2.48. The maximum atomic E-state index is 13.3. The van der Waals surface area contributed by atoms with Crippen LogP contribution in [0.25, 0.3) is 11.3 Å². The molecule has 7 nitrogen and oxygen atoms in total. The van der Waals surface area contributed by atoms with Crippen molar-refractivity contribution < 1.29 is 19.2 Å². The van der Waals surface area contributed by atoms with Gasteiger partial charge in [0.25, 0.3) is 0 Å². The topological polar surface area (TPSA) is 98.3 Å². The number of nitrogens with zero attached hydrogens (tertiary/aromatic N) is 3. The van der Waals surface area contributed by atoms with E-state index in [2.05, 4.69) is 11.7 Å². The van der Waals surface area contributed by atoms with Crippen LogP contribution in [0.2, 0.25) is 0 Å². The number of nitro groups is 1. The predicted molar refractivity (Wildman–Crippen MR) is 71.4 cm³/mol. The summed E-state index contributed by atoms with van der Waals surface area (Å²) in [6.07, 6.45) is 1.47. The Labute approximate surface area is 118 Å². The molecule has 0 aliphatic carbocycles. The molecule has 0 saturated carbocycles. The van der Waals surface area contributed by atoms with E-state index >= 15 is 0 Å². The largest absolute Gasteiger partial charge is 0.477 e. The quantitative estimate of drug-likeness (QED) is 0.518. The average molecular weight is 291 g/mol. The highest BCUT2D eigenvalue weighted by Gasteiger charge is 2.19. The molecule has 0 aliphatic rings. The first-order valence-corrected chi connectivity index (χ1v) is 5.80. The zero-order valence-electron chi connectivity index (χ0n) is 10.7. The molecule has 0 fully saturated rings. The van der Waals surface area contributed by atoms with Crippen LogP contribution in [0.5, 0.6) is 0 Å². The molecule has 108 valence electrons. The molecule has 8 heteroatoms. The summed E-state index contributed by atoms with van der Waals surface area (Å²) >= 11 is 0. The first-order valence-electron chi connectivity index (χ1n) is 5.80. The van der Waals surface area contributed by atoms with Gasteiger partial charge in [-0.25, -0.2) is 4.79 Å². The highest BCUT2D eigenvalue weighted by Crippen LogP contribution is 2.26. The van der Waals surface area contributed by atoms with Crippen molar-refractivity contribution in [2.75, 3.05) is 0 Å². The maximum Gasteiger partial charge on any atom is 0.354 e. The molecule has 0 unspecified atom stereocenters. The Balaban J connectivity index is 2.54. The molecule has 2 aromatic rings. The van der Waals surface area contributed by atoms with Crippen molar-refractivity contribution in [3.63, 3.8) is 0 Å². The summed E-state index contributed by atoms with van der Waals surface area (Å²) in [5, 5.41) is 23.8.